The largest absolute Gasteiger partial charge is 0.374 e. The molecule has 0 bridgehead atoms. The van der Waals surface area contributed by atoms with E-state index in [2.05, 4.69) is 35.1 Å². The summed E-state index contributed by atoms with van der Waals surface area (Å²) >= 11 is 0. The van der Waals surface area contributed by atoms with Gasteiger partial charge in [-0.05, 0) is 31.8 Å². The number of aromatic nitrogens is 1. The summed E-state index contributed by atoms with van der Waals surface area (Å²) in [5, 5.41) is 3.10. The summed E-state index contributed by atoms with van der Waals surface area (Å²) in [5.74, 6) is 0. The molecule has 0 aliphatic heterocycles. The summed E-state index contributed by atoms with van der Waals surface area (Å²) in [6.07, 6.45) is 1.90. The zero-order valence-corrected chi connectivity index (χ0v) is 11.8. The van der Waals surface area contributed by atoms with Crippen molar-refractivity contribution in [3.63, 3.8) is 0 Å². The Kier molecular flexibility index (Phi) is 7.57. The number of ether oxygens (including phenoxy) is 1. The number of hydrogen-bond donors (Lipinski definition) is 1. The van der Waals surface area contributed by atoms with Gasteiger partial charge in [-0.1, -0.05) is 19.9 Å². The maximum absolute atomic E-state index is 5.63. The van der Waals surface area contributed by atoms with Gasteiger partial charge in [0.25, 0.3) is 0 Å². The highest BCUT2D eigenvalue weighted by molar-refractivity contribution is 5.13. The van der Waals surface area contributed by atoms with Crippen LogP contribution in [0.2, 0.25) is 0 Å². The number of rotatable bonds is 9. The van der Waals surface area contributed by atoms with Gasteiger partial charge in [-0.15, -0.1) is 0 Å². The molecule has 102 valence electrons. The molecule has 0 atom stereocenters. The molecule has 4 nitrogen and oxygen atoms in total. The highest BCUT2D eigenvalue weighted by Gasteiger charge is 1.99. The lowest BCUT2D eigenvalue weighted by molar-refractivity contribution is 0.0936. The zero-order valence-electron chi connectivity index (χ0n) is 11.8. The van der Waals surface area contributed by atoms with Gasteiger partial charge in [-0.3, -0.25) is 4.98 Å². The lowest BCUT2D eigenvalue weighted by Gasteiger charge is -2.17. The minimum atomic E-state index is 0.598. The van der Waals surface area contributed by atoms with Crippen molar-refractivity contribution >= 4 is 0 Å². The lowest BCUT2D eigenvalue weighted by atomic mass is 10.2. The zero-order chi connectivity index (χ0) is 13.2. The highest BCUT2D eigenvalue weighted by Crippen LogP contribution is 2.01. The van der Waals surface area contributed by atoms with Crippen LogP contribution in [0.5, 0.6) is 0 Å². The first-order chi connectivity index (χ1) is 8.80. The summed E-state index contributed by atoms with van der Waals surface area (Å²) < 4.78 is 5.63. The van der Waals surface area contributed by atoms with E-state index in [-0.39, 0.29) is 0 Å². The maximum Gasteiger partial charge on any atom is 0.0888 e. The van der Waals surface area contributed by atoms with E-state index < -0.39 is 0 Å². The fourth-order valence-electron chi connectivity index (χ4n) is 1.76. The van der Waals surface area contributed by atoms with Crippen LogP contribution in [0.15, 0.2) is 18.3 Å². The van der Waals surface area contributed by atoms with Crippen molar-refractivity contribution in [2.45, 2.75) is 27.0 Å². The molecule has 0 unspecified atom stereocenters. The molecule has 0 aliphatic rings. The Labute approximate surface area is 110 Å². The van der Waals surface area contributed by atoms with Crippen LogP contribution >= 0.6 is 0 Å². The van der Waals surface area contributed by atoms with Gasteiger partial charge in [0.1, 0.15) is 0 Å². The Hall–Kier alpha value is -0.970. The van der Waals surface area contributed by atoms with Crippen molar-refractivity contribution in [1.29, 1.82) is 0 Å². The standard InChI is InChI=1S/C14H25N3O/c1-4-17(5-2)8-9-18-12-14-7-6-13(10-15-3)11-16-14/h6-7,11,15H,4-5,8-10,12H2,1-3H3. The molecule has 0 aromatic carbocycles. The quantitative estimate of drug-likeness (QED) is 0.677. The van der Waals surface area contributed by atoms with E-state index in [1.807, 2.05) is 19.3 Å². The molecule has 1 aromatic heterocycles. The van der Waals surface area contributed by atoms with Crippen LogP contribution in [0, 0.1) is 0 Å². The predicted octanol–water partition coefficient (Wildman–Crippen LogP) is 1.66. The Bertz CT molecular complexity index is 309. The van der Waals surface area contributed by atoms with Crippen LogP contribution in [-0.2, 0) is 17.9 Å². The Morgan fingerprint density at radius 2 is 2.06 bits per heavy atom. The molecular weight excluding hydrogens is 226 g/mol. The SMILES string of the molecule is CCN(CC)CCOCc1ccc(CNC)cn1. The maximum atomic E-state index is 5.63. The molecule has 1 heterocycles. The molecule has 1 rings (SSSR count). The molecule has 0 aliphatic carbocycles. The molecular formula is C14H25N3O. The number of nitrogens with one attached hydrogen (secondary N) is 1. The van der Waals surface area contributed by atoms with Gasteiger partial charge in [-0.25, -0.2) is 0 Å². The van der Waals surface area contributed by atoms with E-state index in [0.717, 1.165) is 38.5 Å². The first-order valence-corrected chi connectivity index (χ1v) is 6.68. The third kappa shape index (κ3) is 5.58. The van der Waals surface area contributed by atoms with Crippen LogP contribution in [-0.4, -0.2) is 43.2 Å². The molecule has 0 fully saturated rings. The first kappa shape index (κ1) is 15.1. The fourth-order valence-corrected chi connectivity index (χ4v) is 1.76. The van der Waals surface area contributed by atoms with E-state index in [1.54, 1.807) is 0 Å². The van der Waals surface area contributed by atoms with Crippen LogP contribution in [0.1, 0.15) is 25.1 Å². The van der Waals surface area contributed by atoms with Gasteiger partial charge in [0.15, 0.2) is 0 Å². The summed E-state index contributed by atoms with van der Waals surface area (Å²) in [6.45, 7) is 9.72. The van der Waals surface area contributed by atoms with Crippen molar-refractivity contribution < 1.29 is 4.74 Å². The van der Waals surface area contributed by atoms with Gasteiger partial charge in [0, 0.05) is 19.3 Å². The highest BCUT2D eigenvalue weighted by atomic mass is 16.5. The number of hydrogen-bond acceptors (Lipinski definition) is 4. The Morgan fingerprint density at radius 3 is 2.61 bits per heavy atom. The van der Waals surface area contributed by atoms with Crippen molar-refractivity contribution in [3.8, 4) is 0 Å². The summed E-state index contributed by atoms with van der Waals surface area (Å²) in [7, 11) is 1.93. The number of pyridine rings is 1. The molecule has 0 spiro atoms. The first-order valence-electron chi connectivity index (χ1n) is 6.68. The third-order valence-electron chi connectivity index (χ3n) is 2.96. The van der Waals surface area contributed by atoms with E-state index >= 15 is 0 Å². The average Bonchev–Trinajstić information content (AvgIpc) is 2.41. The summed E-state index contributed by atoms with van der Waals surface area (Å²) in [6, 6.07) is 4.12. The van der Waals surface area contributed by atoms with E-state index in [4.69, 9.17) is 4.74 Å². The molecule has 0 radical (unpaired) electrons. The molecule has 18 heavy (non-hydrogen) atoms. The second kappa shape index (κ2) is 9.03. The van der Waals surface area contributed by atoms with Crippen molar-refractivity contribution in [1.82, 2.24) is 15.2 Å². The average molecular weight is 251 g/mol. The number of nitrogens with zero attached hydrogens (tertiary/aromatic N) is 2. The Morgan fingerprint density at radius 1 is 1.28 bits per heavy atom. The van der Waals surface area contributed by atoms with Gasteiger partial charge >= 0.3 is 0 Å². The molecule has 0 saturated carbocycles. The molecule has 1 N–H and O–H groups in total. The predicted molar refractivity (Wildman–Crippen MR) is 74.4 cm³/mol. The van der Waals surface area contributed by atoms with Crippen LogP contribution in [0.25, 0.3) is 0 Å². The molecule has 0 amide bonds. The summed E-state index contributed by atoms with van der Waals surface area (Å²) in [5.41, 5.74) is 2.19. The van der Waals surface area contributed by atoms with E-state index in [1.165, 1.54) is 5.56 Å². The van der Waals surface area contributed by atoms with Gasteiger partial charge in [0.2, 0.25) is 0 Å². The van der Waals surface area contributed by atoms with Crippen LogP contribution < -0.4 is 5.32 Å². The minimum Gasteiger partial charge on any atom is -0.374 e. The van der Waals surface area contributed by atoms with Crippen molar-refractivity contribution in [3.05, 3.63) is 29.6 Å². The normalized spacial score (nSPS) is 11.1. The third-order valence-corrected chi connectivity index (χ3v) is 2.96. The van der Waals surface area contributed by atoms with E-state index in [9.17, 15) is 0 Å². The molecule has 4 heteroatoms. The van der Waals surface area contributed by atoms with Gasteiger partial charge < -0.3 is 15.0 Å². The smallest absolute Gasteiger partial charge is 0.0888 e. The monoisotopic (exact) mass is 251 g/mol. The second-order valence-corrected chi connectivity index (χ2v) is 4.27. The van der Waals surface area contributed by atoms with Crippen molar-refractivity contribution in [2.24, 2.45) is 0 Å². The van der Waals surface area contributed by atoms with E-state index in [0.29, 0.717) is 6.61 Å². The van der Waals surface area contributed by atoms with Gasteiger partial charge in [-0.2, -0.15) is 0 Å². The fraction of sp³-hybridized carbons (Fsp3) is 0.643. The number of likely N-dealkylation sites (N-methyl/N-ethyl adjacent to an activating group) is 1. The topological polar surface area (TPSA) is 37.4 Å². The molecule has 1 aromatic rings. The second-order valence-electron chi connectivity index (χ2n) is 4.27. The summed E-state index contributed by atoms with van der Waals surface area (Å²) in [4.78, 5) is 6.73. The van der Waals surface area contributed by atoms with Crippen molar-refractivity contribution in [2.75, 3.05) is 33.3 Å². The van der Waals surface area contributed by atoms with Gasteiger partial charge in [0.05, 0.1) is 18.9 Å². The van der Waals surface area contributed by atoms with Crippen LogP contribution in [0.3, 0.4) is 0 Å². The van der Waals surface area contributed by atoms with Crippen LogP contribution in [0.4, 0.5) is 0 Å². The lowest BCUT2D eigenvalue weighted by Crippen LogP contribution is -2.27. The molecule has 0 saturated heterocycles. The Balaban J connectivity index is 2.22. The minimum absolute atomic E-state index is 0.598.